The highest BCUT2D eigenvalue weighted by molar-refractivity contribution is 7.89. The van der Waals surface area contributed by atoms with Gasteiger partial charge in [0.15, 0.2) is 5.65 Å². The van der Waals surface area contributed by atoms with Gasteiger partial charge in [-0.2, -0.15) is 5.10 Å². The van der Waals surface area contributed by atoms with Crippen LogP contribution in [0.1, 0.15) is 50.3 Å². The average Bonchev–Trinajstić information content (AvgIpc) is 3.37. The van der Waals surface area contributed by atoms with E-state index in [0.29, 0.717) is 31.4 Å². The summed E-state index contributed by atoms with van der Waals surface area (Å²) in [6.07, 6.45) is 8.32. The van der Waals surface area contributed by atoms with E-state index in [0.717, 1.165) is 42.5 Å². The summed E-state index contributed by atoms with van der Waals surface area (Å²) < 4.78 is 28.2. The van der Waals surface area contributed by atoms with E-state index in [-0.39, 0.29) is 5.75 Å². The fourth-order valence-corrected chi connectivity index (χ4v) is 5.37. The van der Waals surface area contributed by atoms with E-state index >= 15 is 0 Å². The summed E-state index contributed by atoms with van der Waals surface area (Å²) in [5, 5.41) is 8.37. The van der Waals surface area contributed by atoms with Gasteiger partial charge in [0.05, 0.1) is 17.3 Å². The SMILES string of the molecule is Cn1ncc2c(NCCS(=O)(=O)N3CCCC3)nc(C3CCCC3)nc21. The van der Waals surface area contributed by atoms with Gasteiger partial charge in [0.2, 0.25) is 10.0 Å². The van der Waals surface area contributed by atoms with Crippen LogP contribution in [0.2, 0.25) is 0 Å². The summed E-state index contributed by atoms with van der Waals surface area (Å²) in [4.78, 5) is 9.45. The lowest BCUT2D eigenvalue weighted by Crippen LogP contribution is -2.32. The van der Waals surface area contributed by atoms with Crippen LogP contribution in [-0.2, 0) is 17.1 Å². The predicted octanol–water partition coefficient (Wildman–Crippen LogP) is 1.86. The number of sulfonamides is 1. The molecule has 0 spiro atoms. The first kappa shape index (κ1) is 17.7. The summed E-state index contributed by atoms with van der Waals surface area (Å²) >= 11 is 0. The van der Waals surface area contributed by atoms with Crippen LogP contribution in [0.4, 0.5) is 5.82 Å². The number of nitrogens with zero attached hydrogens (tertiary/aromatic N) is 5. The van der Waals surface area contributed by atoms with Crippen molar-refractivity contribution in [2.24, 2.45) is 7.05 Å². The van der Waals surface area contributed by atoms with Crippen molar-refractivity contribution in [2.75, 3.05) is 30.7 Å². The third-order valence-corrected chi connectivity index (χ3v) is 7.31. The van der Waals surface area contributed by atoms with Gasteiger partial charge in [-0.05, 0) is 25.7 Å². The number of hydrogen-bond donors (Lipinski definition) is 1. The molecule has 0 atom stereocenters. The minimum absolute atomic E-state index is 0.0809. The molecule has 1 aliphatic carbocycles. The van der Waals surface area contributed by atoms with Crippen LogP contribution >= 0.6 is 0 Å². The van der Waals surface area contributed by atoms with E-state index in [9.17, 15) is 8.42 Å². The van der Waals surface area contributed by atoms with Crippen molar-refractivity contribution in [1.82, 2.24) is 24.1 Å². The molecule has 26 heavy (non-hydrogen) atoms. The lowest BCUT2D eigenvalue weighted by Gasteiger charge is -2.16. The molecule has 3 heterocycles. The Balaban J connectivity index is 1.53. The molecule has 1 saturated heterocycles. The molecule has 0 bridgehead atoms. The van der Waals surface area contributed by atoms with E-state index < -0.39 is 10.0 Å². The van der Waals surface area contributed by atoms with Gasteiger partial charge < -0.3 is 5.32 Å². The first-order valence-corrected chi connectivity index (χ1v) is 11.1. The second kappa shape index (κ2) is 7.11. The molecule has 1 aliphatic heterocycles. The van der Waals surface area contributed by atoms with Crippen LogP contribution in [0.15, 0.2) is 6.20 Å². The normalized spacial score (nSPS) is 19.6. The topological polar surface area (TPSA) is 93.0 Å². The highest BCUT2D eigenvalue weighted by Gasteiger charge is 2.25. The minimum Gasteiger partial charge on any atom is -0.368 e. The molecule has 1 N–H and O–H groups in total. The predicted molar refractivity (Wildman–Crippen MR) is 101 cm³/mol. The smallest absolute Gasteiger partial charge is 0.215 e. The van der Waals surface area contributed by atoms with Crippen molar-refractivity contribution in [3.8, 4) is 0 Å². The minimum atomic E-state index is -3.20. The largest absolute Gasteiger partial charge is 0.368 e. The first-order valence-electron chi connectivity index (χ1n) is 9.46. The third-order valence-electron chi connectivity index (χ3n) is 5.44. The molecule has 2 fully saturated rings. The molecule has 0 radical (unpaired) electrons. The summed E-state index contributed by atoms with van der Waals surface area (Å²) in [7, 11) is -1.33. The van der Waals surface area contributed by atoms with E-state index in [1.165, 1.54) is 12.8 Å². The maximum Gasteiger partial charge on any atom is 0.215 e. The summed E-state index contributed by atoms with van der Waals surface area (Å²) in [5.41, 5.74) is 0.798. The summed E-state index contributed by atoms with van der Waals surface area (Å²) in [6.45, 7) is 1.63. The molecule has 0 amide bonds. The number of aryl methyl sites for hydroxylation is 1. The lowest BCUT2D eigenvalue weighted by molar-refractivity contribution is 0.478. The van der Waals surface area contributed by atoms with Crippen LogP contribution in [0.5, 0.6) is 0 Å². The molecule has 2 aliphatic rings. The van der Waals surface area contributed by atoms with Gasteiger partial charge in [0, 0.05) is 32.6 Å². The molecule has 1 saturated carbocycles. The molecule has 0 aromatic carbocycles. The van der Waals surface area contributed by atoms with Crippen molar-refractivity contribution in [3.63, 3.8) is 0 Å². The highest BCUT2D eigenvalue weighted by atomic mass is 32.2. The Morgan fingerprint density at radius 2 is 1.88 bits per heavy atom. The van der Waals surface area contributed by atoms with Crippen molar-refractivity contribution in [2.45, 2.75) is 44.4 Å². The zero-order valence-corrected chi connectivity index (χ0v) is 16.0. The summed E-state index contributed by atoms with van der Waals surface area (Å²) in [5.74, 6) is 2.02. The lowest BCUT2D eigenvalue weighted by atomic mass is 10.1. The molecule has 8 nitrogen and oxygen atoms in total. The monoisotopic (exact) mass is 378 g/mol. The van der Waals surface area contributed by atoms with E-state index in [1.807, 2.05) is 7.05 Å². The van der Waals surface area contributed by atoms with Crippen molar-refractivity contribution in [3.05, 3.63) is 12.0 Å². The zero-order chi connectivity index (χ0) is 18.1. The van der Waals surface area contributed by atoms with Gasteiger partial charge in [0.1, 0.15) is 11.6 Å². The molecular formula is C17H26N6O2S. The van der Waals surface area contributed by atoms with E-state index in [4.69, 9.17) is 9.97 Å². The van der Waals surface area contributed by atoms with Crippen molar-refractivity contribution < 1.29 is 8.42 Å². The molecule has 4 rings (SSSR count). The second-order valence-electron chi connectivity index (χ2n) is 7.27. The third kappa shape index (κ3) is 3.42. The average molecular weight is 379 g/mol. The zero-order valence-electron chi connectivity index (χ0n) is 15.2. The molecular weight excluding hydrogens is 352 g/mol. The number of hydrogen-bond acceptors (Lipinski definition) is 6. The second-order valence-corrected chi connectivity index (χ2v) is 9.35. The Kier molecular flexibility index (Phi) is 4.83. The molecule has 9 heteroatoms. The van der Waals surface area contributed by atoms with Crippen molar-refractivity contribution >= 4 is 26.9 Å². The Bertz CT molecular complexity index is 882. The Hall–Kier alpha value is -1.74. The Morgan fingerprint density at radius 3 is 2.62 bits per heavy atom. The van der Waals surface area contributed by atoms with E-state index in [2.05, 4.69) is 10.4 Å². The first-order chi connectivity index (χ1) is 12.5. The van der Waals surface area contributed by atoms with Crippen molar-refractivity contribution in [1.29, 1.82) is 0 Å². The standard InChI is InChI=1S/C17H26N6O2S/c1-22-17-14(12-19-22)16(20-15(21-17)13-6-2-3-7-13)18-8-11-26(24,25)23-9-4-5-10-23/h12-13H,2-11H2,1H3,(H,18,20,21). The molecule has 142 valence electrons. The van der Waals surface area contributed by atoms with Crippen LogP contribution in [0.25, 0.3) is 11.0 Å². The van der Waals surface area contributed by atoms with Gasteiger partial charge >= 0.3 is 0 Å². The fourth-order valence-electron chi connectivity index (χ4n) is 3.93. The van der Waals surface area contributed by atoms with Crippen LogP contribution < -0.4 is 5.32 Å². The number of nitrogens with one attached hydrogen (secondary N) is 1. The van der Waals surface area contributed by atoms with Crippen LogP contribution in [0, 0.1) is 0 Å². The fraction of sp³-hybridized carbons (Fsp3) is 0.706. The number of fused-ring (bicyclic) bond motifs is 1. The van der Waals surface area contributed by atoms with Gasteiger partial charge in [-0.3, -0.25) is 4.68 Å². The van der Waals surface area contributed by atoms with Gasteiger partial charge in [-0.1, -0.05) is 12.8 Å². The Labute approximate surface area is 154 Å². The maximum atomic E-state index is 12.4. The van der Waals surface area contributed by atoms with Gasteiger partial charge in [-0.15, -0.1) is 0 Å². The Morgan fingerprint density at radius 1 is 1.15 bits per heavy atom. The number of anilines is 1. The molecule has 2 aromatic rings. The van der Waals surface area contributed by atoms with E-state index in [1.54, 1.807) is 15.2 Å². The van der Waals surface area contributed by atoms with Gasteiger partial charge in [-0.25, -0.2) is 22.7 Å². The van der Waals surface area contributed by atoms with Crippen LogP contribution in [0.3, 0.4) is 0 Å². The van der Waals surface area contributed by atoms with Crippen LogP contribution in [-0.4, -0.2) is 57.9 Å². The molecule has 2 aromatic heterocycles. The number of rotatable bonds is 6. The maximum absolute atomic E-state index is 12.4. The molecule has 0 unspecified atom stereocenters. The quantitative estimate of drug-likeness (QED) is 0.825. The summed E-state index contributed by atoms with van der Waals surface area (Å²) in [6, 6.07) is 0. The number of aromatic nitrogens is 4. The van der Waals surface area contributed by atoms with Gasteiger partial charge in [0.25, 0.3) is 0 Å². The highest BCUT2D eigenvalue weighted by Crippen LogP contribution is 2.34.